The van der Waals surface area contributed by atoms with Gasteiger partial charge < -0.3 is 10.5 Å². The monoisotopic (exact) mass is 301 g/mol. The molecule has 0 saturated carbocycles. The van der Waals surface area contributed by atoms with Gasteiger partial charge in [-0.2, -0.15) is 26.3 Å². The molecule has 0 aliphatic carbocycles. The van der Waals surface area contributed by atoms with Gasteiger partial charge in [0, 0.05) is 0 Å². The van der Waals surface area contributed by atoms with E-state index >= 15 is 0 Å². The molecule has 0 heterocycles. The summed E-state index contributed by atoms with van der Waals surface area (Å²) >= 11 is 0. The van der Waals surface area contributed by atoms with Crippen molar-refractivity contribution in [3.8, 4) is 0 Å². The second-order valence-electron chi connectivity index (χ2n) is 3.83. The van der Waals surface area contributed by atoms with Gasteiger partial charge in [0.05, 0.1) is 11.6 Å². The number of carbonyl (C=O) groups excluding carboxylic acids is 1. The minimum Gasteiger partial charge on any atom is -0.457 e. The number of hydrogen-bond acceptors (Lipinski definition) is 3. The fourth-order valence-corrected chi connectivity index (χ4v) is 1.29. The second-order valence-corrected chi connectivity index (χ2v) is 3.83. The molecule has 112 valence electrons. The van der Waals surface area contributed by atoms with Gasteiger partial charge in [0.1, 0.15) is 6.61 Å². The van der Waals surface area contributed by atoms with Gasteiger partial charge in [0.25, 0.3) is 0 Å². The van der Waals surface area contributed by atoms with Crippen LogP contribution in [0.5, 0.6) is 0 Å². The molecule has 1 unspecified atom stereocenters. The van der Waals surface area contributed by atoms with E-state index in [-0.39, 0.29) is 5.56 Å². The highest BCUT2D eigenvalue weighted by Crippen LogP contribution is 2.30. The molecule has 0 aromatic heterocycles. The molecule has 0 fully saturated rings. The largest absolute Gasteiger partial charge is 0.490 e. The Morgan fingerprint density at radius 3 is 2.30 bits per heavy atom. The smallest absolute Gasteiger partial charge is 0.457 e. The van der Waals surface area contributed by atoms with E-state index in [0.717, 1.165) is 12.1 Å². The molecule has 2 N–H and O–H groups in total. The van der Waals surface area contributed by atoms with Crippen molar-refractivity contribution in [2.75, 3.05) is 6.61 Å². The summed E-state index contributed by atoms with van der Waals surface area (Å²) in [4.78, 5) is 10.4. The molecular weight excluding hydrogens is 292 g/mol. The summed E-state index contributed by atoms with van der Waals surface area (Å²) in [5.74, 6) is -2.44. The van der Waals surface area contributed by atoms with E-state index in [0.29, 0.717) is 6.07 Å². The highest BCUT2D eigenvalue weighted by atomic mass is 19.4. The number of hydrogen-bond donors (Lipinski definition) is 1. The summed E-state index contributed by atoms with van der Waals surface area (Å²) in [5.41, 5.74) is 4.31. The number of halogens is 6. The zero-order chi connectivity index (χ0) is 15.6. The molecule has 0 spiro atoms. The molecule has 20 heavy (non-hydrogen) atoms. The quantitative estimate of drug-likeness (QED) is 0.690. The fourth-order valence-electron chi connectivity index (χ4n) is 1.29. The Morgan fingerprint density at radius 1 is 1.20 bits per heavy atom. The van der Waals surface area contributed by atoms with E-state index in [4.69, 9.17) is 5.73 Å². The van der Waals surface area contributed by atoms with Crippen LogP contribution in [-0.2, 0) is 15.7 Å². The molecule has 3 nitrogen and oxygen atoms in total. The van der Waals surface area contributed by atoms with Crippen LogP contribution in [0.15, 0.2) is 24.3 Å². The maximum atomic E-state index is 12.4. The van der Waals surface area contributed by atoms with Crippen LogP contribution >= 0.6 is 0 Å². The lowest BCUT2D eigenvalue weighted by atomic mass is 10.0. The standard InChI is InChI=1S/C11H9F6NO2/c12-10(13,14)7-3-1-2-6(4-7)8(18)5-20-9(19)11(15,16)17/h1-4,8H,5,18H2. The molecule has 1 atom stereocenters. The molecule has 1 rings (SSSR count). The molecule has 0 saturated heterocycles. The Hall–Kier alpha value is -1.77. The van der Waals surface area contributed by atoms with Crippen molar-refractivity contribution in [2.45, 2.75) is 18.4 Å². The number of benzene rings is 1. The van der Waals surface area contributed by atoms with E-state index < -0.39 is 36.5 Å². The van der Waals surface area contributed by atoms with Crippen molar-refractivity contribution < 1.29 is 35.9 Å². The van der Waals surface area contributed by atoms with Crippen LogP contribution < -0.4 is 5.73 Å². The van der Waals surface area contributed by atoms with Crippen LogP contribution in [0.25, 0.3) is 0 Å². The average molecular weight is 301 g/mol. The van der Waals surface area contributed by atoms with Gasteiger partial charge in [-0.05, 0) is 17.7 Å². The Labute approximate surface area is 109 Å². The molecule has 0 amide bonds. The van der Waals surface area contributed by atoms with Crippen LogP contribution in [0.4, 0.5) is 26.3 Å². The van der Waals surface area contributed by atoms with E-state index in [2.05, 4.69) is 4.74 Å². The van der Waals surface area contributed by atoms with Crippen molar-refractivity contribution in [1.82, 2.24) is 0 Å². The molecule has 1 aromatic rings. The minimum atomic E-state index is -5.17. The van der Waals surface area contributed by atoms with E-state index in [9.17, 15) is 31.1 Å². The molecule has 0 radical (unpaired) electrons. The lowest BCUT2D eigenvalue weighted by Gasteiger charge is -2.15. The highest BCUT2D eigenvalue weighted by Gasteiger charge is 2.41. The number of nitrogens with two attached hydrogens (primary N) is 1. The van der Waals surface area contributed by atoms with Crippen LogP contribution in [0.2, 0.25) is 0 Å². The first-order valence-electron chi connectivity index (χ1n) is 5.18. The maximum Gasteiger partial charge on any atom is 0.490 e. The maximum absolute atomic E-state index is 12.4. The Bertz CT molecular complexity index is 483. The first-order chi connectivity index (χ1) is 9.01. The van der Waals surface area contributed by atoms with Crippen molar-refractivity contribution in [2.24, 2.45) is 5.73 Å². The van der Waals surface area contributed by atoms with Crippen molar-refractivity contribution >= 4 is 5.97 Å². The summed E-state index contributed by atoms with van der Waals surface area (Å²) in [6, 6.07) is 2.44. The third-order valence-corrected chi connectivity index (χ3v) is 2.27. The molecule has 0 bridgehead atoms. The Kier molecular flexibility index (Phi) is 4.64. The van der Waals surface area contributed by atoms with Gasteiger partial charge in [-0.3, -0.25) is 0 Å². The zero-order valence-electron chi connectivity index (χ0n) is 9.76. The van der Waals surface area contributed by atoms with Gasteiger partial charge in [0.2, 0.25) is 0 Å². The third-order valence-electron chi connectivity index (χ3n) is 2.27. The molecule has 0 aliphatic heterocycles. The van der Waals surface area contributed by atoms with E-state index in [1.807, 2.05) is 0 Å². The zero-order valence-corrected chi connectivity index (χ0v) is 9.76. The lowest BCUT2D eigenvalue weighted by Crippen LogP contribution is -2.29. The summed E-state index contributed by atoms with van der Waals surface area (Å²) < 4.78 is 76.7. The van der Waals surface area contributed by atoms with Crippen molar-refractivity contribution in [3.63, 3.8) is 0 Å². The number of carbonyl (C=O) groups is 1. The van der Waals surface area contributed by atoms with Crippen LogP contribution in [0.1, 0.15) is 17.2 Å². The second kappa shape index (κ2) is 5.70. The van der Waals surface area contributed by atoms with Crippen LogP contribution in [-0.4, -0.2) is 18.8 Å². The molecule has 0 aliphatic rings. The summed E-state index contributed by atoms with van der Waals surface area (Å²) in [5, 5.41) is 0. The number of ether oxygens (including phenoxy) is 1. The lowest BCUT2D eigenvalue weighted by molar-refractivity contribution is -0.200. The first kappa shape index (κ1) is 16.3. The van der Waals surface area contributed by atoms with E-state index in [1.165, 1.54) is 6.07 Å². The van der Waals surface area contributed by atoms with Crippen molar-refractivity contribution in [1.29, 1.82) is 0 Å². The third kappa shape index (κ3) is 4.41. The first-order valence-corrected chi connectivity index (χ1v) is 5.18. The summed E-state index contributed by atoms with van der Waals surface area (Å²) in [6.45, 7) is -0.875. The molecule has 9 heteroatoms. The van der Waals surface area contributed by atoms with Crippen LogP contribution in [0, 0.1) is 0 Å². The normalized spacial score (nSPS) is 13.9. The fraction of sp³-hybridized carbons (Fsp3) is 0.364. The number of esters is 1. The predicted molar refractivity (Wildman–Crippen MR) is 55.4 cm³/mol. The average Bonchev–Trinajstić information content (AvgIpc) is 2.33. The van der Waals surface area contributed by atoms with Gasteiger partial charge in [0.15, 0.2) is 0 Å². The molecule has 1 aromatic carbocycles. The van der Waals surface area contributed by atoms with Crippen molar-refractivity contribution in [3.05, 3.63) is 35.4 Å². The van der Waals surface area contributed by atoms with Gasteiger partial charge in [-0.1, -0.05) is 12.1 Å². The number of alkyl halides is 6. The van der Waals surface area contributed by atoms with Crippen LogP contribution in [0.3, 0.4) is 0 Å². The highest BCUT2D eigenvalue weighted by molar-refractivity contribution is 5.75. The summed E-state index contributed by atoms with van der Waals surface area (Å²) in [7, 11) is 0. The Balaban J connectivity index is 2.74. The number of rotatable bonds is 3. The van der Waals surface area contributed by atoms with E-state index in [1.54, 1.807) is 0 Å². The topological polar surface area (TPSA) is 52.3 Å². The van der Waals surface area contributed by atoms with Gasteiger partial charge in [-0.25, -0.2) is 4.79 Å². The van der Waals surface area contributed by atoms with Gasteiger partial charge >= 0.3 is 18.3 Å². The summed E-state index contributed by atoms with van der Waals surface area (Å²) in [6.07, 6.45) is -9.77. The van der Waals surface area contributed by atoms with Gasteiger partial charge in [-0.15, -0.1) is 0 Å². The minimum absolute atomic E-state index is 0.0881. The molecular formula is C11H9F6NO2. The Morgan fingerprint density at radius 2 is 1.80 bits per heavy atom. The predicted octanol–water partition coefficient (Wildman–Crippen LogP) is 2.81. The SMILES string of the molecule is NC(COC(=O)C(F)(F)F)c1cccc(C(F)(F)F)c1.